The fourth-order valence-corrected chi connectivity index (χ4v) is 3.16. The van der Waals surface area contributed by atoms with Crippen molar-refractivity contribution < 1.29 is 14.3 Å². The van der Waals surface area contributed by atoms with E-state index in [1.54, 1.807) is 13.8 Å². The summed E-state index contributed by atoms with van der Waals surface area (Å²) in [6.45, 7) is 5.32. The molecule has 0 radical (unpaired) electrons. The van der Waals surface area contributed by atoms with Crippen LogP contribution in [0, 0.1) is 0 Å². The summed E-state index contributed by atoms with van der Waals surface area (Å²) in [4.78, 5) is 27.5. The Labute approximate surface area is 136 Å². The predicted octanol–water partition coefficient (Wildman–Crippen LogP) is 2.90. The maximum absolute atomic E-state index is 12.7. The number of carbonyl (C=O) groups excluding carboxylic acids is 2. The Morgan fingerprint density at radius 3 is 2.26 bits per heavy atom. The van der Waals surface area contributed by atoms with E-state index in [0.717, 1.165) is 25.9 Å². The highest BCUT2D eigenvalue weighted by molar-refractivity contribution is 6.24. The minimum absolute atomic E-state index is 0.0318. The number of nitrogens with zero attached hydrogens (tertiary/aromatic N) is 1. The second-order valence-electron chi connectivity index (χ2n) is 6.03. The van der Waals surface area contributed by atoms with Gasteiger partial charge in [-0.15, -0.1) is 0 Å². The SMILES string of the molecule is CC1=C(COc2ccccc2)C(=O)C(C)=C(N2CCCC2)C1=O. The van der Waals surface area contributed by atoms with Gasteiger partial charge in [0.1, 0.15) is 12.4 Å². The molecule has 0 amide bonds. The Kier molecular flexibility index (Phi) is 4.33. The van der Waals surface area contributed by atoms with Gasteiger partial charge in [0.25, 0.3) is 0 Å². The van der Waals surface area contributed by atoms with E-state index in [1.807, 2.05) is 35.2 Å². The predicted molar refractivity (Wildman–Crippen MR) is 88.2 cm³/mol. The van der Waals surface area contributed by atoms with Gasteiger partial charge in [-0.05, 0) is 38.8 Å². The van der Waals surface area contributed by atoms with Gasteiger partial charge in [0.15, 0.2) is 5.78 Å². The topological polar surface area (TPSA) is 46.6 Å². The van der Waals surface area contributed by atoms with Gasteiger partial charge in [-0.25, -0.2) is 0 Å². The second-order valence-corrected chi connectivity index (χ2v) is 6.03. The smallest absolute Gasteiger partial charge is 0.205 e. The number of carbonyl (C=O) groups is 2. The minimum Gasteiger partial charge on any atom is -0.489 e. The zero-order valence-electron chi connectivity index (χ0n) is 13.6. The number of likely N-dealkylation sites (tertiary alicyclic amines) is 1. The van der Waals surface area contributed by atoms with E-state index in [9.17, 15) is 9.59 Å². The minimum atomic E-state index is -0.0695. The molecule has 23 heavy (non-hydrogen) atoms. The Hall–Kier alpha value is -2.36. The van der Waals surface area contributed by atoms with E-state index in [4.69, 9.17) is 4.74 Å². The molecule has 0 saturated carbocycles. The average molecular weight is 311 g/mol. The fourth-order valence-electron chi connectivity index (χ4n) is 3.16. The standard InChI is InChI=1S/C19H21NO3/c1-13-16(12-23-15-8-4-3-5-9-15)18(21)14(2)17(19(13)22)20-10-6-7-11-20/h3-5,8-9H,6-7,10-12H2,1-2H3. The molecule has 1 heterocycles. The van der Waals surface area contributed by atoms with Gasteiger partial charge < -0.3 is 9.64 Å². The number of benzene rings is 1. The summed E-state index contributed by atoms with van der Waals surface area (Å²) in [7, 11) is 0. The van der Waals surface area contributed by atoms with E-state index in [1.165, 1.54) is 0 Å². The van der Waals surface area contributed by atoms with Crippen molar-refractivity contribution in [1.82, 2.24) is 4.90 Å². The number of hydrogen-bond donors (Lipinski definition) is 0. The summed E-state index contributed by atoms with van der Waals surface area (Å²) < 4.78 is 5.68. The van der Waals surface area contributed by atoms with Gasteiger partial charge in [-0.2, -0.15) is 0 Å². The largest absolute Gasteiger partial charge is 0.489 e. The third kappa shape index (κ3) is 2.93. The molecule has 1 saturated heterocycles. The molecule has 1 fully saturated rings. The van der Waals surface area contributed by atoms with Crippen molar-refractivity contribution in [3.8, 4) is 5.75 Å². The van der Waals surface area contributed by atoms with Crippen LogP contribution in [0.15, 0.2) is 52.7 Å². The summed E-state index contributed by atoms with van der Waals surface area (Å²) in [6.07, 6.45) is 2.15. The molecular weight excluding hydrogens is 290 g/mol. The number of ether oxygens (including phenoxy) is 1. The lowest BCUT2D eigenvalue weighted by molar-refractivity contribution is -0.117. The lowest BCUT2D eigenvalue weighted by Crippen LogP contribution is -2.33. The van der Waals surface area contributed by atoms with Crippen LogP contribution in [0.5, 0.6) is 5.75 Å². The first kappa shape index (κ1) is 15.5. The molecule has 0 aromatic heterocycles. The molecule has 1 aliphatic carbocycles. The normalized spacial score (nSPS) is 19.0. The summed E-state index contributed by atoms with van der Waals surface area (Å²) in [6, 6.07) is 9.33. The number of ketones is 2. The molecule has 0 unspecified atom stereocenters. The Morgan fingerprint density at radius 1 is 0.957 bits per heavy atom. The Bertz CT molecular complexity index is 695. The van der Waals surface area contributed by atoms with Crippen LogP contribution in [0.4, 0.5) is 0 Å². The lowest BCUT2D eigenvalue weighted by atomic mass is 9.88. The number of hydrogen-bond acceptors (Lipinski definition) is 4. The first-order chi connectivity index (χ1) is 11.1. The zero-order valence-corrected chi connectivity index (χ0v) is 13.6. The van der Waals surface area contributed by atoms with Crippen LogP contribution in [0.1, 0.15) is 26.7 Å². The number of Topliss-reactive ketones (excluding diaryl/α,β-unsaturated/α-hetero) is 2. The average Bonchev–Trinajstić information content (AvgIpc) is 3.08. The molecule has 1 aliphatic heterocycles. The molecule has 4 nitrogen and oxygen atoms in total. The maximum atomic E-state index is 12.7. The third-order valence-electron chi connectivity index (χ3n) is 4.53. The first-order valence-corrected chi connectivity index (χ1v) is 8.02. The molecule has 4 heteroatoms. The molecule has 3 rings (SSSR count). The van der Waals surface area contributed by atoms with Crippen molar-refractivity contribution in [3.63, 3.8) is 0 Å². The van der Waals surface area contributed by atoms with Gasteiger partial charge in [0.2, 0.25) is 5.78 Å². The third-order valence-corrected chi connectivity index (χ3v) is 4.53. The zero-order chi connectivity index (χ0) is 16.4. The summed E-state index contributed by atoms with van der Waals surface area (Å²) >= 11 is 0. The van der Waals surface area contributed by atoms with Crippen LogP contribution in [0.3, 0.4) is 0 Å². The Balaban J connectivity index is 1.82. The van der Waals surface area contributed by atoms with Gasteiger partial charge in [0, 0.05) is 29.8 Å². The quantitative estimate of drug-likeness (QED) is 0.802. The van der Waals surface area contributed by atoms with Crippen LogP contribution in [-0.4, -0.2) is 36.2 Å². The molecule has 0 bridgehead atoms. The number of allylic oxidation sites excluding steroid dienone is 2. The monoisotopic (exact) mass is 311 g/mol. The molecule has 1 aromatic carbocycles. The van der Waals surface area contributed by atoms with E-state index >= 15 is 0 Å². The van der Waals surface area contributed by atoms with Gasteiger partial charge >= 0.3 is 0 Å². The summed E-state index contributed by atoms with van der Waals surface area (Å²) in [5.74, 6) is 0.593. The van der Waals surface area contributed by atoms with E-state index in [2.05, 4.69) is 0 Å². The second kappa shape index (κ2) is 6.41. The van der Waals surface area contributed by atoms with E-state index < -0.39 is 0 Å². The highest BCUT2D eigenvalue weighted by Gasteiger charge is 2.34. The van der Waals surface area contributed by atoms with Crippen molar-refractivity contribution in [2.45, 2.75) is 26.7 Å². The highest BCUT2D eigenvalue weighted by atomic mass is 16.5. The molecule has 0 atom stereocenters. The van der Waals surface area contributed by atoms with Crippen LogP contribution in [0.25, 0.3) is 0 Å². The molecule has 0 N–H and O–H groups in total. The van der Waals surface area contributed by atoms with Crippen molar-refractivity contribution in [3.05, 3.63) is 52.7 Å². The van der Waals surface area contributed by atoms with E-state index in [0.29, 0.717) is 28.2 Å². The van der Waals surface area contributed by atoms with Crippen molar-refractivity contribution in [2.75, 3.05) is 19.7 Å². The molecular formula is C19H21NO3. The molecule has 120 valence electrons. The van der Waals surface area contributed by atoms with Gasteiger partial charge in [-0.1, -0.05) is 18.2 Å². The highest BCUT2D eigenvalue weighted by Crippen LogP contribution is 2.29. The first-order valence-electron chi connectivity index (χ1n) is 8.02. The van der Waals surface area contributed by atoms with Crippen LogP contribution < -0.4 is 4.74 Å². The van der Waals surface area contributed by atoms with Crippen LogP contribution >= 0.6 is 0 Å². The summed E-state index contributed by atoms with van der Waals surface area (Å²) in [5, 5.41) is 0. The van der Waals surface area contributed by atoms with E-state index in [-0.39, 0.29) is 18.2 Å². The molecule has 2 aliphatic rings. The molecule has 0 spiro atoms. The number of rotatable bonds is 4. The van der Waals surface area contributed by atoms with Crippen molar-refractivity contribution >= 4 is 11.6 Å². The van der Waals surface area contributed by atoms with Gasteiger partial charge in [-0.3, -0.25) is 9.59 Å². The lowest BCUT2D eigenvalue weighted by Gasteiger charge is -2.27. The molecule has 1 aromatic rings. The van der Waals surface area contributed by atoms with Crippen molar-refractivity contribution in [1.29, 1.82) is 0 Å². The summed E-state index contributed by atoms with van der Waals surface area (Å²) in [5.41, 5.74) is 2.13. The van der Waals surface area contributed by atoms with Crippen LogP contribution in [-0.2, 0) is 9.59 Å². The number of para-hydroxylation sites is 1. The fraction of sp³-hybridized carbons (Fsp3) is 0.368. The van der Waals surface area contributed by atoms with Crippen molar-refractivity contribution in [2.24, 2.45) is 0 Å². The van der Waals surface area contributed by atoms with Crippen LogP contribution in [0.2, 0.25) is 0 Å². The van der Waals surface area contributed by atoms with Gasteiger partial charge in [0.05, 0.1) is 5.70 Å². The Morgan fingerprint density at radius 2 is 1.61 bits per heavy atom. The maximum Gasteiger partial charge on any atom is 0.205 e.